The van der Waals surface area contributed by atoms with Crippen LogP contribution in [0.25, 0.3) is 0 Å². The second-order valence-corrected chi connectivity index (χ2v) is 6.27. The molecular weight excluding hydrogens is 236 g/mol. The minimum Gasteiger partial charge on any atom is -0.481 e. The summed E-state index contributed by atoms with van der Waals surface area (Å²) in [5, 5.41) is 9.22. The summed E-state index contributed by atoms with van der Waals surface area (Å²) in [5.41, 5.74) is 0. The fourth-order valence-electron chi connectivity index (χ4n) is 2.51. The molecule has 0 aromatic carbocycles. The molecule has 0 spiro atoms. The van der Waals surface area contributed by atoms with Crippen LogP contribution in [0.4, 0.5) is 0 Å². The number of rotatable bonds is 13. The number of unbranched alkanes of at least 4 members (excludes halogenated alkanes) is 6. The Kier molecular flexibility index (Phi) is 12.2. The van der Waals surface area contributed by atoms with Crippen molar-refractivity contribution in [2.75, 3.05) is 0 Å². The van der Waals surface area contributed by atoms with Crippen LogP contribution in [0.2, 0.25) is 0 Å². The van der Waals surface area contributed by atoms with E-state index in [0.29, 0.717) is 0 Å². The van der Waals surface area contributed by atoms with Crippen molar-refractivity contribution in [2.45, 2.75) is 91.4 Å². The van der Waals surface area contributed by atoms with Gasteiger partial charge in [-0.2, -0.15) is 0 Å². The molecule has 0 fully saturated rings. The van der Waals surface area contributed by atoms with Gasteiger partial charge in [0.25, 0.3) is 0 Å². The van der Waals surface area contributed by atoms with Crippen LogP contribution < -0.4 is 0 Å². The van der Waals surface area contributed by atoms with Gasteiger partial charge in [-0.25, -0.2) is 0 Å². The van der Waals surface area contributed by atoms with Crippen molar-refractivity contribution in [3.05, 3.63) is 0 Å². The topological polar surface area (TPSA) is 37.3 Å². The molecule has 0 saturated carbocycles. The molecule has 0 radical (unpaired) electrons. The summed E-state index contributed by atoms with van der Waals surface area (Å²) in [5.74, 6) is 0.0915. The van der Waals surface area contributed by atoms with E-state index >= 15 is 0 Å². The zero-order chi connectivity index (χ0) is 14.5. The average molecular weight is 270 g/mol. The van der Waals surface area contributed by atoms with Crippen LogP contribution in [-0.2, 0) is 4.79 Å². The number of hydrogen-bond acceptors (Lipinski definition) is 1. The molecule has 114 valence electrons. The summed E-state index contributed by atoms with van der Waals surface area (Å²) in [6.45, 7) is 6.70. The molecule has 2 heteroatoms. The van der Waals surface area contributed by atoms with Crippen LogP contribution >= 0.6 is 0 Å². The fraction of sp³-hybridized carbons (Fsp3) is 0.941. The molecule has 1 N–H and O–H groups in total. The predicted molar refractivity (Wildman–Crippen MR) is 82.4 cm³/mol. The van der Waals surface area contributed by atoms with E-state index in [-0.39, 0.29) is 5.92 Å². The van der Waals surface area contributed by atoms with Gasteiger partial charge in [-0.1, -0.05) is 78.6 Å². The van der Waals surface area contributed by atoms with Crippen molar-refractivity contribution in [3.63, 3.8) is 0 Å². The van der Waals surface area contributed by atoms with Crippen LogP contribution in [0.15, 0.2) is 0 Å². The van der Waals surface area contributed by atoms with Gasteiger partial charge in [0.1, 0.15) is 0 Å². The third kappa shape index (κ3) is 12.3. The number of carbonyl (C=O) groups is 1. The number of carboxylic acid groups (broad SMARTS) is 1. The molecule has 0 amide bonds. The maximum atomic E-state index is 11.2. The van der Waals surface area contributed by atoms with Crippen molar-refractivity contribution in [3.8, 4) is 0 Å². The molecule has 19 heavy (non-hydrogen) atoms. The van der Waals surface area contributed by atoms with E-state index in [9.17, 15) is 9.90 Å². The average Bonchev–Trinajstić information content (AvgIpc) is 2.35. The van der Waals surface area contributed by atoms with Crippen LogP contribution in [0.3, 0.4) is 0 Å². The smallest absolute Gasteiger partial charge is 0.306 e. The highest BCUT2D eigenvalue weighted by atomic mass is 16.4. The highest BCUT2D eigenvalue weighted by molar-refractivity contribution is 5.69. The van der Waals surface area contributed by atoms with Crippen LogP contribution in [-0.4, -0.2) is 11.1 Å². The van der Waals surface area contributed by atoms with Crippen molar-refractivity contribution in [1.29, 1.82) is 0 Å². The summed E-state index contributed by atoms with van der Waals surface area (Å²) in [7, 11) is 0. The van der Waals surface area contributed by atoms with Crippen LogP contribution in [0.1, 0.15) is 91.4 Å². The van der Waals surface area contributed by atoms with E-state index in [0.717, 1.165) is 31.6 Å². The summed E-state index contributed by atoms with van der Waals surface area (Å²) < 4.78 is 0. The summed E-state index contributed by atoms with van der Waals surface area (Å²) in [4.78, 5) is 11.2. The van der Waals surface area contributed by atoms with E-state index < -0.39 is 5.97 Å². The highest BCUT2D eigenvalue weighted by Gasteiger charge is 2.16. The Labute approximate surface area is 120 Å². The maximum absolute atomic E-state index is 11.2. The van der Waals surface area contributed by atoms with Crippen molar-refractivity contribution in [1.82, 2.24) is 0 Å². The van der Waals surface area contributed by atoms with Gasteiger partial charge in [0.15, 0.2) is 0 Å². The third-order valence-corrected chi connectivity index (χ3v) is 3.84. The Balaban J connectivity index is 3.60. The van der Waals surface area contributed by atoms with E-state index in [4.69, 9.17) is 0 Å². The molecule has 0 rings (SSSR count). The first-order chi connectivity index (χ1) is 9.07. The predicted octanol–water partition coefficient (Wildman–Crippen LogP) is 5.65. The molecule has 1 atom stereocenters. The first kappa shape index (κ1) is 18.5. The van der Waals surface area contributed by atoms with Gasteiger partial charge < -0.3 is 5.11 Å². The van der Waals surface area contributed by atoms with Gasteiger partial charge in [-0.05, 0) is 18.8 Å². The van der Waals surface area contributed by atoms with Gasteiger partial charge in [0.05, 0.1) is 5.92 Å². The minimum atomic E-state index is -0.584. The van der Waals surface area contributed by atoms with Crippen molar-refractivity contribution in [2.24, 2.45) is 11.8 Å². The second-order valence-electron chi connectivity index (χ2n) is 6.27. The molecule has 0 bridgehead atoms. The molecular formula is C17H34O2. The molecule has 2 nitrogen and oxygen atoms in total. The van der Waals surface area contributed by atoms with Crippen molar-refractivity contribution >= 4 is 5.97 Å². The zero-order valence-corrected chi connectivity index (χ0v) is 13.3. The SMILES string of the molecule is CCCCCCCC(CCCCCC(C)C)C(=O)O. The van der Waals surface area contributed by atoms with Gasteiger partial charge in [0, 0.05) is 0 Å². The monoisotopic (exact) mass is 270 g/mol. The Bertz CT molecular complexity index is 211. The van der Waals surface area contributed by atoms with E-state index in [1.165, 1.54) is 44.9 Å². The van der Waals surface area contributed by atoms with Crippen LogP contribution in [0, 0.1) is 11.8 Å². The van der Waals surface area contributed by atoms with Gasteiger partial charge in [-0.15, -0.1) is 0 Å². The fourth-order valence-corrected chi connectivity index (χ4v) is 2.51. The quantitative estimate of drug-likeness (QED) is 0.439. The normalized spacial score (nSPS) is 12.8. The van der Waals surface area contributed by atoms with Gasteiger partial charge in [0.2, 0.25) is 0 Å². The standard InChI is InChI=1S/C17H34O2/c1-4-5-6-7-10-13-16(17(18)19)14-11-8-9-12-15(2)3/h15-16H,4-14H2,1-3H3,(H,18,19). The minimum absolute atomic E-state index is 0.0966. The Morgan fingerprint density at radius 2 is 1.32 bits per heavy atom. The molecule has 0 aliphatic heterocycles. The lowest BCUT2D eigenvalue weighted by atomic mass is 9.94. The molecule has 1 unspecified atom stereocenters. The Hall–Kier alpha value is -0.530. The lowest BCUT2D eigenvalue weighted by Crippen LogP contribution is -2.13. The molecule has 0 aromatic rings. The van der Waals surface area contributed by atoms with Crippen LogP contribution in [0.5, 0.6) is 0 Å². The van der Waals surface area contributed by atoms with E-state index in [2.05, 4.69) is 20.8 Å². The maximum Gasteiger partial charge on any atom is 0.306 e. The second kappa shape index (κ2) is 12.5. The first-order valence-corrected chi connectivity index (χ1v) is 8.30. The largest absolute Gasteiger partial charge is 0.481 e. The Morgan fingerprint density at radius 3 is 1.79 bits per heavy atom. The Morgan fingerprint density at radius 1 is 0.842 bits per heavy atom. The molecule has 0 saturated heterocycles. The van der Waals surface area contributed by atoms with E-state index in [1.54, 1.807) is 0 Å². The number of carboxylic acids is 1. The summed E-state index contributed by atoms with van der Waals surface area (Å²) in [6.07, 6.45) is 12.6. The zero-order valence-electron chi connectivity index (χ0n) is 13.3. The lowest BCUT2D eigenvalue weighted by Gasteiger charge is -2.12. The summed E-state index contributed by atoms with van der Waals surface area (Å²) in [6, 6.07) is 0. The van der Waals surface area contributed by atoms with Gasteiger partial charge >= 0.3 is 5.97 Å². The highest BCUT2D eigenvalue weighted by Crippen LogP contribution is 2.19. The first-order valence-electron chi connectivity index (χ1n) is 8.30. The third-order valence-electron chi connectivity index (χ3n) is 3.84. The van der Waals surface area contributed by atoms with Gasteiger partial charge in [-0.3, -0.25) is 4.79 Å². The molecule has 0 aliphatic carbocycles. The molecule has 0 aliphatic rings. The summed E-state index contributed by atoms with van der Waals surface area (Å²) >= 11 is 0. The molecule has 0 heterocycles. The van der Waals surface area contributed by atoms with Crippen molar-refractivity contribution < 1.29 is 9.90 Å². The number of aliphatic carboxylic acids is 1. The van der Waals surface area contributed by atoms with E-state index in [1.807, 2.05) is 0 Å². The lowest BCUT2D eigenvalue weighted by molar-refractivity contribution is -0.142. The number of hydrogen-bond donors (Lipinski definition) is 1. The molecule has 0 aromatic heterocycles.